The zero-order valence-electron chi connectivity index (χ0n) is 41.0. The molecule has 3 N–H and O–H groups in total. The summed E-state index contributed by atoms with van der Waals surface area (Å²) in [6.07, 6.45) is 12.0. The molecule has 0 spiro atoms. The maximum atomic E-state index is 15.9. The topological polar surface area (TPSA) is 184 Å². The van der Waals surface area contributed by atoms with E-state index in [2.05, 4.69) is 78.9 Å². The fourth-order valence-electron chi connectivity index (χ4n) is 10.4. The Morgan fingerprint density at radius 2 is 1.63 bits per heavy atom. The Balaban J connectivity index is 0.792. The number of benzene rings is 3. The molecule has 22 heteroatoms. The smallest absolute Gasteiger partial charge is 0.329 e. The number of anilines is 7. The molecule has 3 saturated heterocycles. The van der Waals surface area contributed by atoms with Gasteiger partial charge in [-0.1, -0.05) is 0 Å². The van der Waals surface area contributed by atoms with Crippen LogP contribution in [0, 0.1) is 17.6 Å². The molecule has 73 heavy (non-hydrogen) atoms. The second-order valence-electron chi connectivity index (χ2n) is 19.9. The normalized spacial score (nSPS) is 17.4. The number of nitrogens with one attached hydrogen (secondary N) is 3. The van der Waals surface area contributed by atoms with Gasteiger partial charge >= 0.3 is 6.03 Å². The molecule has 4 aromatic heterocycles. The lowest BCUT2D eigenvalue weighted by molar-refractivity contribution is -0.120. The maximum absolute atomic E-state index is 15.9. The Kier molecular flexibility index (Phi) is 13.1. The lowest BCUT2D eigenvalue weighted by Gasteiger charge is -2.40. The molecular formula is C51H56BrF2N14O4P. The summed E-state index contributed by atoms with van der Waals surface area (Å²) in [7, 11) is 0.741. The number of nitrogens with zero attached hydrogens (tertiary/aromatic N) is 11. The van der Waals surface area contributed by atoms with Crippen molar-refractivity contribution < 1.29 is 27.7 Å². The quantitative estimate of drug-likeness (QED) is 0.0935. The van der Waals surface area contributed by atoms with Crippen molar-refractivity contribution >= 4 is 102 Å². The SMILES string of the molecule is Cn1cc(-c2cc(Nc3ncc(Br)c(Nc4ccc5ncc(F)cc5c4P(C)(C)=O)n3)c(OC3CCC3)cc2N2CCC(CN3CCN(c4cc5c(cc4F)c(N4CCC(=O)NC4=O)nn5C)CC3)CC2)cn1. The van der Waals surface area contributed by atoms with Crippen LogP contribution in [0.1, 0.15) is 38.5 Å². The van der Waals surface area contributed by atoms with E-state index in [4.69, 9.17) is 9.72 Å². The van der Waals surface area contributed by atoms with Gasteiger partial charge in [0.05, 0.1) is 51.1 Å². The van der Waals surface area contributed by atoms with Crippen molar-refractivity contribution in [2.45, 2.75) is 44.6 Å². The molecule has 4 fully saturated rings. The third-order valence-electron chi connectivity index (χ3n) is 14.4. The van der Waals surface area contributed by atoms with Gasteiger partial charge in [0.15, 0.2) is 5.82 Å². The van der Waals surface area contributed by atoms with Gasteiger partial charge in [0.1, 0.15) is 30.3 Å². The summed E-state index contributed by atoms with van der Waals surface area (Å²) in [6.45, 7) is 9.13. The highest BCUT2D eigenvalue weighted by molar-refractivity contribution is 9.10. The molecule has 0 bridgehead atoms. The van der Waals surface area contributed by atoms with Crippen molar-refractivity contribution in [2.24, 2.45) is 20.0 Å². The number of carbonyl (C=O) groups excluding carboxylic acids is 2. The molecule has 380 valence electrons. The van der Waals surface area contributed by atoms with Crippen LogP contribution in [-0.4, -0.2) is 123 Å². The van der Waals surface area contributed by atoms with E-state index in [1.807, 2.05) is 25.5 Å². The van der Waals surface area contributed by atoms with Crippen LogP contribution in [0.5, 0.6) is 5.75 Å². The second kappa shape index (κ2) is 19.6. The van der Waals surface area contributed by atoms with Crippen LogP contribution in [-0.2, 0) is 23.5 Å². The number of hydrogen-bond donors (Lipinski definition) is 3. The molecular weight excluding hydrogens is 1020 g/mol. The van der Waals surface area contributed by atoms with Crippen molar-refractivity contribution in [1.29, 1.82) is 0 Å². The summed E-state index contributed by atoms with van der Waals surface area (Å²) in [4.78, 5) is 46.6. The highest BCUT2D eigenvalue weighted by Crippen LogP contribution is 2.45. The summed E-state index contributed by atoms with van der Waals surface area (Å²) in [5.74, 6) is 1.03. The molecule has 0 radical (unpaired) electrons. The number of amides is 3. The zero-order valence-corrected chi connectivity index (χ0v) is 43.5. The number of carbonyl (C=O) groups is 2. The number of aromatic nitrogens is 7. The number of piperazine rings is 1. The monoisotopic (exact) mass is 1080 g/mol. The fraction of sp³-hybridized carbons (Fsp3) is 0.392. The van der Waals surface area contributed by atoms with Crippen LogP contribution in [0.4, 0.5) is 53.9 Å². The third-order valence-corrected chi connectivity index (χ3v) is 16.6. The van der Waals surface area contributed by atoms with Gasteiger partial charge in [-0.3, -0.25) is 34.3 Å². The number of imide groups is 1. The summed E-state index contributed by atoms with van der Waals surface area (Å²) < 4.78 is 54.9. The number of fused-ring (bicyclic) bond motifs is 2. The van der Waals surface area contributed by atoms with Crippen LogP contribution in [0.2, 0.25) is 0 Å². The Hall–Kier alpha value is -6.70. The number of hydrogen-bond acceptors (Lipinski definition) is 14. The number of ether oxygens (including phenoxy) is 1. The Morgan fingerprint density at radius 1 is 0.849 bits per heavy atom. The van der Waals surface area contributed by atoms with Gasteiger partial charge in [0.2, 0.25) is 11.9 Å². The number of pyridine rings is 1. The first kappa shape index (κ1) is 48.6. The van der Waals surface area contributed by atoms with E-state index in [1.165, 1.54) is 17.0 Å². The van der Waals surface area contributed by atoms with Crippen molar-refractivity contribution in [3.8, 4) is 16.9 Å². The van der Waals surface area contributed by atoms with E-state index in [-0.39, 0.29) is 30.8 Å². The summed E-state index contributed by atoms with van der Waals surface area (Å²) in [6, 6.07) is 11.9. The van der Waals surface area contributed by atoms with Gasteiger partial charge in [-0.15, -0.1) is 0 Å². The van der Waals surface area contributed by atoms with E-state index >= 15 is 4.39 Å². The number of urea groups is 1. The van der Waals surface area contributed by atoms with Crippen LogP contribution in [0.3, 0.4) is 0 Å². The molecule has 3 aromatic carbocycles. The molecule has 1 saturated carbocycles. The fourth-order valence-corrected chi connectivity index (χ4v) is 12.2. The van der Waals surface area contributed by atoms with Crippen molar-refractivity contribution in [3.63, 3.8) is 0 Å². The average molecular weight is 1080 g/mol. The molecule has 11 rings (SSSR count). The van der Waals surface area contributed by atoms with Gasteiger partial charge in [-0.05, 0) is 104 Å². The molecule has 4 aliphatic rings. The van der Waals surface area contributed by atoms with E-state index in [9.17, 15) is 18.5 Å². The van der Waals surface area contributed by atoms with E-state index in [0.717, 1.165) is 87.8 Å². The van der Waals surface area contributed by atoms with E-state index in [1.54, 1.807) is 48.1 Å². The molecule has 1 aliphatic carbocycles. The van der Waals surface area contributed by atoms with Crippen LogP contribution >= 0.6 is 23.1 Å². The minimum atomic E-state index is -2.95. The van der Waals surface area contributed by atoms with Crippen LogP contribution in [0.15, 0.2) is 71.7 Å². The molecule has 18 nitrogen and oxygen atoms in total. The predicted octanol–water partition coefficient (Wildman–Crippen LogP) is 8.50. The first-order valence-electron chi connectivity index (χ1n) is 24.7. The molecule has 7 heterocycles. The largest absolute Gasteiger partial charge is 0.488 e. The van der Waals surface area contributed by atoms with Crippen molar-refractivity contribution in [2.75, 3.05) is 91.0 Å². The number of piperidine rings is 1. The lowest BCUT2D eigenvalue weighted by Crippen LogP contribution is -2.49. The average Bonchev–Trinajstić information content (AvgIpc) is 3.92. The second-order valence-corrected chi connectivity index (χ2v) is 23.9. The van der Waals surface area contributed by atoms with Crippen LogP contribution < -0.4 is 40.7 Å². The van der Waals surface area contributed by atoms with E-state index in [0.29, 0.717) is 91.0 Å². The van der Waals surface area contributed by atoms with Gasteiger partial charge in [-0.2, -0.15) is 15.2 Å². The predicted molar refractivity (Wildman–Crippen MR) is 284 cm³/mol. The summed E-state index contributed by atoms with van der Waals surface area (Å²) >= 11 is 3.61. The van der Waals surface area contributed by atoms with E-state index < -0.39 is 19.0 Å². The molecule has 7 aromatic rings. The van der Waals surface area contributed by atoms with Gasteiger partial charge in [0.25, 0.3) is 0 Å². The summed E-state index contributed by atoms with van der Waals surface area (Å²) in [5, 5.41) is 19.7. The number of rotatable bonds is 13. The molecule has 3 aliphatic heterocycles. The molecule has 0 unspecified atom stereocenters. The summed E-state index contributed by atoms with van der Waals surface area (Å²) in [5.41, 5.74) is 6.01. The van der Waals surface area contributed by atoms with Gasteiger partial charge in [0, 0.05) is 124 Å². The lowest BCUT2D eigenvalue weighted by atomic mass is 9.94. The Bertz CT molecular complexity index is 3350. The van der Waals surface area contributed by atoms with Crippen LogP contribution in [0.25, 0.3) is 32.9 Å². The number of aryl methyl sites for hydroxylation is 2. The maximum Gasteiger partial charge on any atom is 0.329 e. The zero-order chi connectivity index (χ0) is 50.7. The van der Waals surface area contributed by atoms with Gasteiger partial charge in [-0.25, -0.2) is 18.6 Å². The van der Waals surface area contributed by atoms with Crippen molar-refractivity contribution in [1.82, 2.24) is 44.7 Å². The minimum Gasteiger partial charge on any atom is -0.488 e. The standard InChI is InChI=1S/C51H56BrF2N14O4P/c1-63-29-31(25-57-63)34-22-41(59-50-56-27-37(52)48(61-50)58-40-9-8-39-35(20-32(53)26-55-39)47(40)73(3,4)71)45(72-33-6-5-7-33)24-43(34)66-13-10-30(11-14-66)28-65-16-18-67(19-17-65)44-23-42-36(21-38(44)54)49(62-64(42)2)68-15-12-46(69)60-51(68)70/h8-9,20-27,29-30,33H,5-7,10-19,28H2,1-4H3,(H,60,69,70)(H2,56,58,59,61). The molecule has 0 atom stereocenters. The first-order chi connectivity index (χ1) is 35.1. The Labute approximate surface area is 429 Å². The highest BCUT2D eigenvalue weighted by atomic mass is 79.9. The Morgan fingerprint density at radius 3 is 2.34 bits per heavy atom. The first-order valence-corrected chi connectivity index (χ1v) is 28.0. The minimum absolute atomic E-state index is 0.0851. The number of halogens is 3. The highest BCUT2D eigenvalue weighted by Gasteiger charge is 2.32. The molecule has 3 amide bonds. The third kappa shape index (κ3) is 9.93. The van der Waals surface area contributed by atoms with Crippen molar-refractivity contribution in [3.05, 3.63) is 83.4 Å². The van der Waals surface area contributed by atoms with Gasteiger partial charge < -0.3 is 29.7 Å².